The van der Waals surface area contributed by atoms with Crippen LogP contribution in [0.25, 0.3) is 11.5 Å². The van der Waals surface area contributed by atoms with Crippen LogP contribution < -0.4 is 10.1 Å². The van der Waals surface area contributed by atoms with E-state index in [0.717, 1.165) is 6.07 Å². The molecule has 1 aliphatic heterocycles. The van der Waals surface area contributed by atoms with Crippen LogP contribution in [0, 0.1) is 0 Å². The molecule has 0 fully saturated rings. The van der Waals surface area contributed by atoms with E-state index in [-0.39, 0.29) is 18.0 Å². The van der Waals surface area contributed by atoms with Gasteiger partial charge in [-0.05, 0) is 30.3 Å². The number of hydrogen-bond donors (Lipinski definition) is 1. The minimum absolute atomic E-state index is 0.124. The molecule has 0 radical (unpaired) electrons. The summed E-state index contributed by atoms with van der Waals surface area (Å²) in [5, 5.41) is 2.54. The molecule has 29 heavy (non-hydrogen) atoms. The van der Waals surface area contributed by atoms with Crippen molar-refractivity contribution in [2.24, 2.45) is 0 Å². The Hall–Kier alpha value is -3.62. The Bertz CT molecular complexity index is 1090. The number of carbonyl (C=O) groups excluding carboxylic acids is 1. The first-order valence-corrected chi connectivity index (χ1v) is 8.71. The van der Waals surface area contributed by atoms with E-state index in [1.54, 1.807) is 42.7 Å². The average molecular weight is 400 g/mol. The molecule has 2 aromatic heterocycles. The number of rotatable bonds is 0. The van der Waals surface area contributed by atoms with Crippen molar-refractivity contribution in [2.45, 2.75) is 12.7 Å². The fraction of sp³-hybridized carbons (Fsp3) is 0.150. The van der Waals surface area contributed by atoms with E-state index >= 15 is 0 Å². The van der Waals surface area contributed by atoms with Gasteiger partial charge in [-0.3, -0.25) is 4.79 Å². The summed E-state index contributed by atoms with van der Waals surface area (Å²) < 4.78 is 47.5. The van der Waals surface area contributed by atoms with Crippen molar-refractivity contribution < 1.29 is 22.7 Å². The molecule has 1 aliphatic rings. The van der Waals surface area contributed by atoms with Crippen LogP contribution in [-0.2, 0) is 12.7 Å². The normalized spacial score (nSPS) is 15.3. The lowest BCUT2D eigenvalue weighted by Gasteiger charge is -2.17. The SMILES string of the molecule is O=C1Nc2cccc(n2)-c2nccn2C/C=C/COc2c1cccc2C(F)(F)F. The third kappa shape index (κ3) is 3.84. The summed E-state index contributed by atoms with van der Waals surface area (Å²) in [6.07, 6.45) is 2.06. The number of nitrogens with zero attached hydrogens (tertiary/aromatic N) is 3. The van der Waals surface area contributed by atoms with E-state index < -0.39 is 23.4 Å². The Balaban J connectivity index is 1.81. The number of ether oxygens (including phenoxy) is 1. The molecular formula is C20H15F3N4O2. The molecule has 2 bridgehead atoms. The third-order valence-electron chi connectivity index (χ3n) is 4.29. The monoisotopic (exact) mass is 400 g/mol. The van der Waals surface area contributed by atoms with Crippen LogP contribution in [0.3, 0.4) is 0 Å². The zero-order valence-electron chi connectivity index (χ0n) is 15.0. The standard InChI is InChI=1S/C20H15F3N4O2/c21-20(22,23)14-6-3-5-13-17(14)29-12-2-1-10-27-11-9-24-18(27)15-7-4-8-16(25-15)26-19(13)28/h1-9,11H,10,12H2,(H,25,26,28)/b2-1+. The van der Waals surface area contributed by atoms with Gasteiger partial charge in [0.2, 0.25) is 0 Å². The highest BCUT2D eigenvalue weighted by Crippen LogP contribution is 2.38. The number of carbonyl (C=O) groups is 1. The minimum atomic E-state index is -4.66. The van der Waals surface area contributed by atoms with Gasteiger partial charge in [-0.2, -0.15) is 13.2 Å². The highest BCUT2D eigenvalue weighted by atomic mass is 19.4. The summed E-state index contributed by atoms with van der Waals surface area (Å²) in [6.45, 7) is 0.311. The number of halogens is 3. The molecule has 0 aliphatic carbocycles. The van der Waals surface area contributed by atoms with Gasteiger partial charge in [0, 0.05) is 18.9 Å². The molecule has 1 aromatic carbocycles. The maximum atomic E-state index is 13.4. The molecule has 9 heteroatoms. The Morgan fingerprint density at radius 1 is 1.10 bits per heavy atom. The first-order chi connectivity index (χ1) is 13.9. The molecule has 0 unspecified atom stereocenters. The third-order valence-corrected chi connectivity index (χ3v) is 4.29. The van der Waals surface area contributed by atoms with Crippen molar-refractivity contribution in [3.05, 3.63) is 72.1 Å². The van der Waals surface area contributed by atoms with Crippen LogP contribution in [0.15, 0.2) is 60.9 Å². The molecule has 3 aromatic rings. The number of alkyl halides is 3. The van der Waals surface area contributed by atoms with E-state index in [4.69, 9.17) is 4.74 Å². The Kier molecular flexibility index (Phi) is 4.79. The lowest BCUT2D eigenvalue weighted by atomic mass is 10.1. The molecule has 3 heterocycles. The van der Waals surface area contributed by atoms with Crippen molar-refractivity contribution in [3.8, 4) is 17.3 Å². The highest BCUT2D eigenvalue weighted by molar-refractivity contribution is 6.06. The number of fused-ring (bicyclic) bond motifs is 5. The summed E-state index contributed by atoms with van der Waals surface area (Å²) in [5.74, 6) is -0.472. The van der Waals surface area contributed by atoms with Gasteiger partial charge in [-0.25, -0.2) is 9.97 Å². The number of pyridine rings is 1. The van der Waals surface area contributed by atoms with Gasteiger partial charge < -0.3 is 14.6 Å². The van der Waals surface area contributed by atoms with Crippen molar-refractivity contribution >= 4 is 11.7 Å². The Labute approximate surface area is 163 Å². The maximum absolute atomic E-state index is 13.4. The lowest BCUT2D eigenvalue weighted by Crippen LogP contribution is -2.18. The van der Waals surface area contributed by atoms with Crippen molar-refractivity contribution in [3.63, 3.8) is 0 Å². The van der Waals surface area contributed by atoms with E-state index in [1.807, 2.05) is 4.57 Å². The second-order valence-electron chi connectivity index (χ2n) is 6.23. The molecule has 148 valence electrons. The van der Waals surface area contributed by atoms with E-state index in [1.165, 1.54) is 12.1 Å². The van der Waals surface area contributed by atoms with E-state index in [0.29, 0.717) is 18.1 Å². The molecule has 6 nitrogen and oxygen atoms in total. The minimum Gasteiger partial charge on any atom is -0.488 e. The number of imidazole rings is 1. The predicted molar refractivity (Wildman–Crippen MR) is 99.5 cm³/mol. The molecule has 0 saturated heterocycles. The molecule has 0 spiro atoms. The largest absolute Gasteiger partial charge is 0.488 e. The van der Waals surface area contributed by atoms with Gasteiger partial charge in [0.15, 0.2) is 5.82 Å². The second-order valence-corrected chi connectivity index (χ2v) is 6.23. The van der Waals surface area contributed by atoms with Gasteiger partial charge in [0.25, 0.3) is 5.91 Å². The quantitative estimate of drug-likeness (QED) is 0.576. The van der Waals surface area contributed by atoms with Crippen molar-refractivity contribution in [1.29, 1.82) is 0 Å². The van der Waals surface area contributed by atoms with Crippen LogP contribution >= 0.6 is 0 Å². The van der Waals surface area contributed by atoms with Crippen LogP contribution in [-0.4, -0.2) is 27.0 Å². The zero-order chi connectivity index (χ0) is 20.4. The molecule has 1 amide bonds. The van der Waals surface area contributed by atoms with Crippen LogP contribution in [0.2, 0.25) is 0 Å². The highest BCUT2D eigenvalue weighted by Gasteiger charge is 2.36. The number of benzene rings is 1. The molecule has 0 saturated carbocycles. The van der Waals surface area contributed by atoms with Crippen LogP contribution in [0.1, 0.15) is 15.9 Å². The second kappa shape index (κ2) is 7.42. The summed E-state index contributed by atoms with van der Waals surface area (Å²) in [4.78, 5) is 21.4. The predicted octanol–water partition coefficient (Wildman–Crippen LogP) is 4.16. The van der Waals surface area contributed by atoms with E-state index in [9.17, 15) is 18.0 Å². The summed E-state index contributed by atoms with van der Waals surface area (Å²) in [7, 11) is 0. The summed E-state index contributed by atoms with van der Waals surface area (Å²) in [6, 6.07) is 8.31. The molecule has 0 atom stereocenters. The lowest BCUT2D eigenvalue weighted by molar-refractivity contribution is -0.138. The first-order valence-electron chi connectivity index (χ1n) is 8.71. The topological polar surface area (TPSA) is 69.0 Å². The smallest absolute Gasteiger partial charge is 0.419 e. The zero-order valence-corrected chi connectivity index (χ0v) is 15.0. The van der Waals surface area contributed by atoms with Crippen LogP contribution in [0.4, 0.5) is 19.0 Å². The van der Waals surface area contributed by atoms with Gasteiger partial charge >= 0.3 is 6.18 Å². The fourth-order valence-corrected chi connectivity index (χ4v) is 2.98. The first kappa shape index (κ1) is 18.7. The van der Waals surface area contributed by atoms with Crippen LogP contribution in [0.5, 0.6) is 5.75 Å². The molecule has 1 N–H and O–H groups in total. The average Bonchev–Trinajstić information content (AvgIpc) is 3.15. The summed E-state index contributed by atoms with van der Waals surface area (Å²) in [5.41, 5.74) is -0.706. The van der Waals surface area contributed by atoms with Gasteiger partial charge in [-0.15, -0.1) is 0 Å². The number of para-hydroxylation sites is 1. The summed E-state index contributed by atoms with van der Waals surface area (Å²) >= 11 is 0. The number of amides is 1. The molecule has 4 rings (SSSR count). The fourth-order valence-electron chi connectivity index (χ4n) is 2.98. The molecular weight excluding hydrogens is 385 g/mol. The number of hydrogen-bond acceptors (Lipinski definition) is 4. The number of nitrogens with one attached hydrogen (secondary N) is 1. The van der Waals surface area contributed by atoms with Crippen molar-refractivity contribution in [1.82, 2.24) is 14.5 Å². The Morgan fingerprint density at radius 2 is 1.93 bits per heavy atom. The van der Waals surface area contributed by atoms with Gasteiger partial charge in [0.05, 0.1) is 11.1 Å². The Morgan fingerprint density at radius 3 is 2.76 bits per heavy atom. The number of anilines is 1. The van der Waals surface area contributed by atoms with E-state index in [2.05, 4.69) is 15.3 Å². The van der Waals surface area contributed by atoms with Gasteiger partial charge in [-0.1, -0.05) is 18.2 Å². The number of aromatic nitrogens is 3. The number of allylic oxidation sites excluding steroid dienone is 1. The van der Waals surface area contributed by atoms with Crippen molar-refractivity contribution in [2.75, 3.05) is 11.9 Å². The van der Waals surface area contributed by atoms with Gasteiger partial charge in [0.1, 0.15) is 23.9 Å². The maximum Gasteiger partial charge on any atom is 0.419 e.